The lowest BCUT2D eigenvalue weighted by Crippen LogP contribution is -2.31. The predicted molar refractivity (Wildman–Crippen MR) is 110 cm³/mol. The Kier molecular flexibility index (Phi) is 6.91. The van der Waals surface area contributed by atoms with Crippen molar-refractivity contribution in [2.24, 2.45) is 5.73 Å². The molecule has 1 amide bonds. The normalized spacial score (nSPS) is 11.9. The number of benzene rings is 2. The van der Waals surface area contributed by atoms with E-state index in [9.17, 15) is 4.79 Å². The van der Waals surface area contributed by atoms with Crippen LogP contribution in [0, 0.1) is 13.8 Å². The fourth-order valence-electron chi connectivity index (χ4n) is 2.58. The highest BCUT2D eigenvalue weighted by atomic mass is 32.1. The Hall–Kier alpha value is -1.98. The van der Waals surface area contributed by atoms with Crippen molar-refractivity contribution in [2.45, 2.75) is 33.2 Å². The Morgan fingerprint density at radius 2 is 1.96 bits per heavy atom. The first kappa shape index (κ1) is 19.3. The van der Waals surface area contributed by atoms with E-state index < -0.39 is 0 Å². The van der Waals surface area contributed by atoms with Crippen molar-refractivity contribution in [1.29, 1.82) is 0 Å². The van der Waals surface area contributed by atoms with Crippen molar-refractivity contribution in [3.05, 3.63) is 58.7 Å². The molecule has 0 saturated carbocycles. The first-order valence-electron chi connectivity index (χ1n) is 8.57. The SMILES string of the molecule is CCc1ccc(C(=O)Nc2cccc(C)c2C)cc1NC[C@@H](N)CS. The number of anilines is 2. The van der Waals surface area contributed by atoms with Crippen LogP contribution in [-0.4, -0.2) is 24.2 Å². The molecule has 0 aromatic heterocycles. The second-order valence-electron chi connectivity index (χ2n) is 6.25. The molecule has 134 valence electrons. The number of aryl methyl sites for hydroxylation is 2. The van der Waals surface area contributed by atoms with E-state index in [2.05, 4.69) is 30.2 Å². The van der Waals surface area contributed by atoms with Crippen LogP contribution >= 0.6 is 12.6 Å². The summed E-state index contributed by atoms with van der Waals surface area (Å²) in [5, 5.41) is 6.35. The Morgan fingerprint density at radius 1 is 1.20 bits per heavy atom. The van der Waals surface area contributed by atoms with Gasteiger partial charge in [-0.1, -0.05) is 25.1 Å². The van der Waals surface area contributed by atoms with Crippen molar-refractivity contribution in [2.75, 3.05) is 22.9 Å². The fraction of sp³-hybridized carbons (Fsp3) is 0.350. The molecule has 2 aromatic carbocycles. The molecule has 0 saturated heterocycles. The lowest BCUT2D eigenvalue weighted by molar-refractivity contribution is 0.102. The summed E-state index contributed by atoms with van der Waals surface area (Å²) in [5.41, 5.74) is 11.7. The average Bonchev–Trinajstić information content (AvgIpc) is 2.63. The molecule has 0 aliphatic carbocycles. The van der Waals surface area contributed by atoms with E-state index in [0.29, 0.717) is 17.9 Å². The minimum Gasteiger partial charge on any atom is -0.383 e. The smallest absolute Gasteiger partial charge is 0.255 e. The molecule has 0 unspecified atom stereocenters. The molecule has 4 N–H and O–H groups in total. The number of carbonyl (C=O) groups excluding carboxylic acids is 1. The molecule has 0 spiro atoms. The zero-order valence-electron chi connectivity index (χ0n) is 15.1. The van der Waals surface area contributed by atoms with Gasteiger partial charge in [0.1, 0.15) is 0 Å². The summed E-state index contributed by atoms with van der Waals surface area (Å²) in [7, 11) is 0. The van der Waals surface area contributed by atoms with E-state index in [0.717, 1.165) is 34.5 Å². The van der Waals surface area contributed by atoms with E-state index in [1.807, 2.05) is 50.2 Å². The van der Waals surface area contributed by atoms with Crippen molar-refractivity contribution < 1.29 is 4.79 Å². The second-order valence-corrected chi connectivity index (χ2v) is 6.62. The van der Waals surface area contributed by atoms with Crippen molar-refractivity contribution >= 4 is 29.9 Å². The van der Waals surface area contributed by atoms with Gasteiger partial charge in [-0.2, -0.15) is 12.6 Å². The number of rotatable bonds is 7. The largest absolute Gasteiger partial charge is 0.383 e. The first-order valence-corrected chi connectivity index (χ1v) is 9.20. The summed E-state index contributed by atoms with van der Waals surface area (Å²) >= 11 is 4.21. The number of hydrogen-bond acceptors (Lipinski definition) is 4. The summed E-state index contributed by atoms with van der Waals surface area (Å²) in [4.78, 5) is 12.6. The number of carbonyl (C=O) groups is 1. The summed E-state index contributed by atoms with van der Waals surface area (Å²) in [6.07, 6.45) is 0.886. The molecule has 2 rings (SSSR count). The maximum atomic E-state index is 12.6. The van der Waals surface area contributed by atoms with Gasteiger partial charge in [0.25, 0.3) is 5.91 Å². The summed E-state index contributed by atoms with van der Waals surface area (Å²) in [6, 6.07) is 11.6. The van der Waals surface area contributed by atoms with Crippen LogP contribution in [0.1, 0.15) is 34.0 Å². The first-order chi connectivity index (χ1) is 12.0. The van der Waals surface area contributed by atoms with Gasteiger partial charge in [0.2, 0.25) is 0 Å². The zero-order valence-corrected chi connectivity index (χ0v) is 16.0. The van der Waals surface area contributed by atoms with Gasteiger partial charge < -0.3 is 16.4 Å². The maximum absolute atomic E-state index is 12.6. The topological polar surface area (TPSA) is 67.2 Å². The molecule has 0 fully saturated rings. The van der Waals surface area contributed by atoms with E-state index in [1.54, 1.807) is 0 Å². The van der Waals surface area contributed by atoms with Crippen LogP contribution in [0.2, 0.25) is 0 Å². The van der Waals surface area contributed by atoms with E-state index >= 15 is 0 Å². The van der Waals surface area contributed by atoms with Gasteiger partial charge in [0.15, 0.2) is 0 Å². The third kappa shape index (κ3) is 5.00. The minimum atomic E-state index is -0.113. The third-order valence-electron chi connectivity index (χ3n) is 4.39. The fourth-order valence-corrected chi connectivity index (χ4v) is 2.71. The van der Waals surface area contributed by atoms with Crippen LogP contribution in [0.25, 0.3) is 0 Å². The van der Waals surface area contributed by atoms with Gasteiger partial charge >= 0.3 is 0 Å². The zero-order chi connectivity index (χ0) is 18.4. The standard InChI is InChI=1S/C20H27N3OS/c1-4-15-8-9-16(10-19(15)22-11-17(21)12-25)20(24)23-18-7-5-6-13(2)14(18)3/h5-10,17,22,25H,4,11-12,21H2,1-3H3,(H,23,24)/t17-/m1/s1. The summed E-state index contributed by atoms with van der Waals surface area (Å²) in [5.74, 6) is 0.499. The van der Waals surface area contributed by atoms with Gasteiger partial charge in [-0.15, -0.1) is 0 Å². The third-order valence-corrected chi connectivity index (χ3v) is 4.86. The van der Waals surface area contributed by atoms with E-state index in [1.165, 1.54) is 0 Å². The molecule has 0 radical (unpaired) electrons. The van der Waals surface area contributed by atoms with Crippen LogP contribution in [-0.2, 0) is 6.42 Å². The number of nitrogens with one attached hydrogen (secondary N) is 2. The molecule has 0 aliphatic heterocycles. The highest BCUT2D eigenvalue weighted by Crippen LogP contribution is 2.22. The summed E-state index contributed by atoms with van der Waals surface area (Å²) in [6.45, 7) is 6.76. The van der Waals surface area contributed by atoms with Gasteiger partial charge in [-0.3, -0.25) is 4.79 Å². The quantitative estimate of drug-likeness (QED) is 0.570. The van der Waals surface area contributed by atoms with Crippen LogP contribution in [0.5, 0.6) is 0 Å². The van der Waals surface area contributed by atoms with Crippen molar-refractivity contribution in [3.8, 4) is 0 Å². The molecule has 0 heterocycles. The second kappa shape index (κ2) is 8.92. The molecule has 5 heteroatoms. The molecular formula is C20H27N3OS. The lowest BCUT2D eigenvalue weighted by atomic mass is 10.0. The maximum Gasteiger partial charge on any atom is 0.255 e. The highest BCUT2D eigenvalue weighted by Gasteiger charge is 2.12. The van der Waals surface area contributed by atoms with Crippen LogP contribution in [0.3, 0.4) is 0 Å². The Labute approximate surface area is 155 Å². The van der Waals surface area contributed by atoms with Crippen LogP contribution in [0.15, 0.2) is 36.4 Å². The molecule has 0 bridgehead atoms. The monoisotopic (exact) mass is 357 g/mol. The molecule has 25 heavy (non-hydrogen) atoms. The van der Waals surface area contributed by atoms with E-state index in [-0.39, 0.29) is 11.9 Å². The van der Waals surface area contributed by atoms with Crippen LogP contribution in [0.4, 0.5) is 11.4 Å². The molecule has 0 aliphatic rings. The number of hydrogen-bond donors (Lipinski definition) is 4. The number of nitrogens with two attached hydrogens (primary N) is 1. The average molecular weight is 358 g/mol. The lowest BCUT2D eigenvalue weighted by Gasteiger charge is -2.16. The number of amides is 1. The van der Waals surface area contributed by atoms with Gasteiger partial charge in [-0.05, 0) is 55.2 Å². The Bertz CT molecular complexity index is 746. The van der Waals surface area contributed by atoms with Crippen molar-refractivity contribution in [1.82, 2.24) is 0 Å². The highest BCUT2D eigenvalue weighted by molar-refractivity contribution is 7.80. The Balaban J connectivity index is 2.20. The van der Waals surface area contributed by atoms with E-state index in [4.69, 9.17) is 5.73 Å². The number of thiol groups is 1. The van der Waals surface area contributed by atoms with Crippen molar-refractivity contribution in [3.63, 3.8) is 0 Å². The van der Waals surface area contributed by atoms with Gasteiger partial charge in [0.05, 0.1) is 0 Å². The molecular weight excluding hydrogens is 330 g/mol. The minimum absolute atomic E-state index is 0.0273. The molecule has 2 aromatic rings. The predicted octanol–water partition coefficient (Wildman–Crippen LogP) is 3.79. The Morgan fingerprint density at radius 3 is 2.64 bits per heavy atom. The van der Waals surface area contributed by atoms with Crippen LogP contribution < -0.4 is 16.4 Å². The summed E-state index contributed by atoms with van der Waals surface area (Å²) < 4.78 is 0. The molecule has 4 nitrogen and oxygen atoms in total. The van der Waals surface area contributed by atoms with Gasteiger partial charge in [-0.25, -0.2) is 0 Å². The molecule has 1 atom stereocenters. The van der Waals surface area contributed by atoms with Gasteiger partial charge in [0, 0.05) is 35.3 Å².